The summed E-state index contributed by atoms with van der Waals surface area (Å²) in [6, 6.07) is 6.45. The van der Waals surface area contributed by atoms with Crippen LogP contribution in [0.2, 0.25) is 0 Å². The van der Waals surface area contributed by atoms with Gasteiger partial charge in [-0.15, -0.1) is 0 Å². The molecular formula is C18H18F3N3O8S2. The van der Waals surface area contributed by atoms with E-state index in [1.165, 1.54) is 0 Å². The standard InChI is InChI=1S/C18H18F3N3O8S2/c19-18(20,21)12-32-17-6-5-15(34(29,30)23-7-9-31-10-8-23)11-16(17)22-33(27,28)14-3-1-13(2-4-14)24(25)26/h1-6,11,22H,7-10,12H2. The van der Waals surface area contributed by atoms with Crippen LogP contribution in [0.15, 0.2) is 52.3 Å². The molecule has 16 heteroatoms. The van der Waals surface area contributed by atoms with E-state index in [0.717, 1.165) is 46.8 Å². The van der Waals surface area contributed by atoms with Gasteiger partial charge in [0.05, 0.1) is 33.6 Å². The molecule has 3 rings (SSSR count). The van der Waals surface area contributed by atoms with Gasteiger partial charge in [-0.05, 0) is 30.3 Å². The zero-order valence-corrected chi connectivity index (χ0v) is 18.8. The van der Waals surface area contributed by atoms with E-state index in [0.29, 0.717) is 0 Å². The highest BCUT2D eigenvalue weighted by molar-refractivity contribution is 7.92. The Bertz CT molecular complexity index is 1260. The van der Waals surface area contributed by atoms with E-state index >= 15 is 0 Å². The Morgan fingerprint density at radius 1 is 1.03 bits per heavy atom. The lowest BCUT2D eigenvalue weighted by molar-refractivity contribution is -0.384. The van der Waals surface area contributed by atoms with Gasteiger partial charge in [0.2, 0.25) is 10.0 Å². The van der Waals surface area contributed by atoms with Gasteiger partial charge in [-0.3, -0.25) is 14.8 Å². The minimum Gasteiger partial charge on any atom is -0.482 e. The molecule has 0 amide bonds. The molecule has 0 radical (unpaired) electrons. The van der Waals surface area contributed by atoms with Crippen LogP contribution in [0.4, 0.5) is 24.5 Å². The number of anilines is 1. The van der Waals surface area contributed by atoms with Crippen LogP contribution in [0, 0.1) is 10.1 Å². The smallest absolute Gasteiger partial charge is 0.422 e. The molecule has 0 spiro atoms. The van der Waals surface area contributed by atoms with Crippen LogP contribution in [-0.4, -0.2) is 65.2 Å². The summed E-state index contributed by atoms with van der Waals surface area (Å²) in [5.74, 6) is -0.566. The highest BCUT2D eigenvalue weighted by Gasteiger charge is 2.31. The number of nitro benzene ring substituents is 1. The Hall–Kier alpha value is -2.95. The number of sulfonamides is 2. The number of nitro groups is 1. The summed E-state index contributed by atoms with van der Waals surface area (Å²) in [4.78, 5) is 9.21. The van der Waals surface area contributed by atoms with Crippen molar-refractivity contribution in [3.05, 3.63) is 52.6 Å². The average Bonchev–Trinajstić information content (AvgIpc) is 2.78. The Morgan fingerprint density at radius 2 is 1.62 bits per heavy atom. The van der Waals surface area contributed by atoms with Crippen molar-refractivity contribution in [1.29, 1.82) is 0 Å². The second kappa shape index (κ2) is 9.73. The molecular weight excluding hydrogens is 507 g/mol. The summed E-state index contributed by atoms with van der Waals surface area (Å²) >= 11 is 0. The van der Waals surface area contributed by atoms with Gasteiger partial charge in [-0.25, -0.2) is 16.8 Å². The third-order valence-corrected chi connectivity index (χ3v) is 7.83. The number of non-ortho nitro benzene ring substituents is 1. The van der Waals surface area contributed by atoms with Gasteiger partial charge in [0.1, 0.15) is 5.75 Å². The summed E-state index contributed by atoms with van der Waals surface area (Å²) in [7, 11) is -8.60. The summed E-state index contributed by atoms with van der Waals surface area (Å²) in [6.45, 7) is -1.39. The molecule has 0 unspecified atom stereocenters. The number of morpholine rings is 1. The topological polar surface area (TPSA) is 145 Å². The second-order valence-electron chi connectivity index (χ2n) is 6.93. The van der Waals surface area contributed by atoms with Crippen LogP contribution in [0.5, 0.6) is 5.75 Å². The fourth-order valence-electron chi connectivity index (χ4n) is 2.92. The van der Waals surface area contributed by atoms with Crippen molar-refractivity contribution >= 4 is 31.4 Å². The predicted molar refractivity (Wildman–Crippen MR) is 111 cm³/mol. The molecule has 34 heavy (non-hydrogen) atoms. The van der Waals surface area contributed by atoms with E-state index in [9.17, 15) is 40.1 Å². The largest absolute Gasteiger partial charge is 0.482 e. The Kier molecular flexibility index (Phi) is 7.35. The van der Waals surface area contributed by atoms with Crippen LogP contribution < -0.4 is 9.46 Å². The minimum absolute atomic E-state index is 0.0402. The lowest BCUT2D eigenvalue weighted by Gasteiger charge is -2.26. The number of alkyl halides is 3. The molecule has 11 nitrogen and oxygen atoms in total. The van der Waals surface area contributed by atoms with Crippen molar-refractivity contribution in [2.75, 3.05) is 37.6 Å². The highest BCUT2D eigenvalue weighted by atomic mass is 32.2. The SMILES string of the molecule is O=[N+]([O-])c1ccc(S(=O)(=O)Nc2cc(S(=O)(=O)N3CCOCC3)ccc2OCC(F)(F)F)cc1. The number of halogens is 3. The number of nitrogens with one attached hydrogen (secondary N) is 1. The average molecular weight is 525 g/mol. The molecule has 0 saturated carbocycles. The third kappa shape index (κ3) is 6.13. The number of ether oxygens (including phenoxy) is 2. The van der Waals surface area contributed by atoms with E-state index in [1.807, 2.05) is 4.72 Å². The molecule has 1 heterocycles. The van der Waals surface area contributed by atoms with Gasteiger partial charge < -0.3 is 9.47 Å². The van der Waals surface area contributed by atoms with Crippen molar-refractivity contribution in [3.63, 3.8) is 0 Å². The van der Waals surface area contributed by atoms with E-state index in [2.05, 4.69) is 4.74 Å². The number of benzene rings is 2. The van der Waals surface area contributed by atoms with E-state index in [-0.39, 0.29) is 36.9 Å². The Morgan fingerprint density at radius 3 is 2.18 bits per heavy atom. The summed E-state index contributed by atoms with van der Waals surface area (Å²) in [5, 5.41) is 10.8. The first kappa shape index (κ1) is 25.7. The third-order valence-electron chi connectivity index (χ3n) is 4.55. The molecule has 0 aromatic heterocycles. The molecule has 1 fully saturated rings. The highest BCUT2D eigenvalue weighted by Crippen LogP contribution is 2.33. The zero-order valence-electron chi connectivity index (χ0n) is 17.2. The molecule has 2 aromatic rings. The summed E-state index contributed by atoms with van der Waals surface area (Å²) in [6.07, 6.45) is -4.74. The monoisotopic (exact) mass is 525 g/mol. The fraction of sp³-hybridized carbons (Fsp3) is 0.333. The molecule has 0 atom stereocenters. The van der Waals surface area contributed by atoms with Crippen molar-refractivity contribution in [2.24, 2.45) is 0 Å². The van der Waals surface area contributed by atoms with E-state index in [1.54, 1.807) is 0 Å². The van der Waals surface area contributed by atoms with Gasteiger partial charge in [0.15, 0.2) is 6.61 Å². The van der Waals surface area contributed by atoms with Gasteiger partial charge in [0.25, 0.3) is 15.7 Å². The van der Waals surface area contributed by atoms with Crippen molar-refractivity contribution < 1.29 is 44.4 Å². The second-order valence-corrected chi connectivity index (χ2v) is 10.6. The number of rotatable bonds is 8. The molecule has 1 N–H and O–H groups in total. The zero-order chi connectivity index (χ0) is 25.1. The lowest BCUT2D eigenvalue weighted by Crippen LogP contribution is -2.40. The van der Waals surface area contributed by atoms with Crippen molar-refractivity contribution in [3.8, 4) is 5.75 Å². The van der Waals surface area contributed by atoms with Crippen LogP contribution in [0.25, 0.3) is 0 Å². The van der Waals surface area contributed by atoms with Gasteiger partial charge >= 0.3 is 6.18 Å². The maximum absolute atomic E-state index is 12.9. The molecule has 2 aromatic carbocycles. The van der Waals surface area contributed by atoms with Gasteiger partial charge in [-0.1, -0.05) is 0 Å². The van der Waals surface area contributed by atoms with Gasteiger partial charge in [-0.2, -0.15) is 17.5 Å². The normalized spacial score (nSPS) is 15.6. The van der Waals surface area contributed by atoms with Crippen LogP contribution in [-0.2, 0) is 24.8 Å². The van der Waals surface area contributed by atoms with Crippen LogP contribution >= 0.6 is 0 Å². The first-order chi connectivity index (χ1) is 15.8. The predicted octanol–water partition coefficient (Wildman–Crippen LogP) is 2.36. The number of nitrogens with zero attached hydrogens (tertiary/aromatic N) is 2. The maximum Gasteiger partial charge on any atom is 0.422 e. The summed E-state index contributed by atoms with van der Waals surface area (Å²) in [5.41, 5.74) is -0.941. The van der Waals surface area contributed by atoms with Gasteiger partial charge in [0, 0.05) is 25.2 Å². The lowest BCUT2D eigenvalue weighted by atomic mass is 10.3. The molecule has 0 aliphatic carbocycles. The minimum atomic E-state index is -4.74. The Balaban J connectivity index is 1.99. The summed E-state index contributed by atoms with van der Waals surface area (Å²) < 4.78 is 102. The van der Waals surface area contributed by atoms with Crippen molar-refractivity contribution in [2.45, 2.75) is 16.0 Å². The van der Waals surface area contributed by atoms with E-state index in [4.69, 9.17) is 4.74 Å². The fourth-order valence-corrected chi connectivity index (χ4v) is 5.42. The van der Waals surface area contributed by atoms with Crippen LogP contribution in [0.3, 0.4) is 0 Å². The van der Waals surface area contributed by atoms with Crippen LogP contribution in [0.1, 0.15) is 0 Å². The Labute approximate surface area is 192 Å². The van der Waals surface area contributed by atoms with Crippen molar-refractivity contribution in [1.82, 2.24) is 4.31 Å². The molecule has 186 valence electrons. The number of hydrogen-bond acceptors (Lipinski definition) is 8. The molecule has 1 saturated heterocycles. The first-order valence-corrected chi connectivity index (χ1v) is 12.4. The van der Waals surface area contributed by atoms with E-state index < -0.39 is 54.1 Å². The first-order valence-electron chi connectivity index (χ1n) is 9.48. The molecule has 1 aliphatic rings. The number of hydrogen-bond donors (Lipinski definition) is 1. The molecule has 0 bridgehead atoms. The maximum atomic E-state index is 12.9. The molecule has 1 aliphatic heterocycles. The quantitative estimate of drug-likeness (QED) is 0.408.